The molecule has 4 aromatic carbocycles. The summed E-state index contributed by atoms with van der Waals surface area (Å²) < 4.78 is 24.0. The Morgan fingerprint density at radius 1 is 0.732 bits per heavy atom. The molecule has 0 fully saturated rings. The number of hydrogen-bond acceptors (Lipinski definition) is 1. The van der Waals surface area contributed by atoms with Crippen LogP contribution in [0.3, 0.4) is 0 Å². The van der Waals surface area contributed by atoms with Gasteiger partial charge in [-0.3, -0.25) is 0 Å². The zero-order valence-corrected chi connectivity index (χ0v) is 37.8. The van der Waals surface area contributed by atoms with Gasteiger partial charge in [-0.1, -0.05) is 143 Å². The number of pyridine rings is 2. The van der Waals surface area contributed by atoms with Crippen LogP contribution in [0.1, 0.15) is 69.7 Å². The quantitative estimate of drug-likeness (QED) is 0.0925. The van der Waals surface area contributed by atoms with Gasteiger partial charge in [-0.15, -0.1) is 17.7 Å². The molecule has 1 atom stereocenters. The van der Waals surface area contributed by atoms with Crippen LogP contribution < -0.4 is 14.3 Å². The smallest absolute Gasteiger partial charge is 0.133 e. The van der Waals surface area contributed by atoms with Crippen molar-refractivity contribution in [3.63, 3.8) is 0 Å². The van der Waals surface area contributed by atoms with E-state index in [4.69, 9.17) is 4.42 Å². The molecule has 0 amide bonds. The van der Waals surface area contributed by atoms with Gasteiger partial charge >= 0.3 is 0 Å². The van der Waals surface area contributed by atoms with E-state index >= 15 is 0 Å². The van der Waals surface area contributed by atoms with Crippen molar-refractivity contribution in [1.29, 1.82) is 0 Å². The molecule has 0 aliphatic carbocycles. The first-order valence-corrected chi connectivity index (χ1v) is 22.6. The number of rotatable bonds is 6. The maximum Gasteiger partial charge on any atom is 0.133 e. The molecular weight excluding hydrogens is 884 g/mol. The molecule has 0 spiro atoms. The number of aromatic nitrogens is 2. The van der Waals surface area contributed by atoms with E-state index in [2.05, 4.69) is 150 Å². The van der Waals surface area contributed by atoms with Crippen molar-refractivity contribution in [3.8, 4) is 33.6 Å². The predicted octanol–water partition coefficient (Wildman–Crippen LogP) is 12.2. The minimum atomic E-state index is -1.32. The fourth-order valence-electron chi connectivity index (χ4n) is 7.03. The molecule has 3 aromatic heterocycles. The van der Waals surface area contributed by atoms with Crippen molar-refractivity contribution >= 4 is 35.2 Å². The van der Waals surface area contributed by atoms with E-state index in [0.717, 1.165) is 61.1 Å². The molecule has 3 heterocycles. The largest absolute Gasteiger partial charge is 0.469 e. The van der Waals surface area contributed by atoms with Gasteiger partial charge in [0.05, 0.1) is 37.4 Å². The van der Waals surface area contributed by atoms with Crippen LogP contribution in [0, 0.1) is 39.7 Å². The Morgan fingerprint density at radius 3 is 2.04 bits per heavy atom. The van der Waals surface area contributed by atoms with Crippen LogP contribution in [-0.2, 0) is 25.5 Å². The van der Waals surface area contributed by atoms with E-state index in [-0.39, 0.29) is 31.3 Å². The summed E-state index contributed by atoms with van der Waals surface area (Å²) in [6.07, 6.45) is 4.19. The Balaban J connectivity index is 0.000000229. The summed E-state index contributed by atoms with van der Waals surface area (Å²) in [5, 5.41) is 3.45. The molecule has 293 valence electrons. The number of halogens is 1. The third-order valence-electron chi connectivity index (χ3n) is 10.9. The van der Waals surface area contributed by atoms with Gasteiger partial charge in [0.1, 0.15) is 11.4 Å². The summed E-state index contributed by atoms with van der Waals surface area (Å²) in [7, 11) is 7.14. The van der Waals surface area contributed by atoms with Gasteiger partial charge in [0.25, 0.3) is 0 Å². The number of para-hydroxylation sites is 1. The molecule has 6 heteroatoms. The second-order valence-corrected chi connectivity index (χ2v) is 22.3. The molecular formula is C50H55FIrN2OSi-2. The maximum atomic E-state index is 13.6. The Hall–Kier alpha value is -4.74. The van der Waals surface area contributed by atoms with E-state index in [1.54, 1.807) is 12.1 Å². The number of furan rings is 1. The Labute approximate surface area is 349 Å². The molecule has 7 rings (SSSR count). The summed E-state index contributed by atoms with van der Waals surface area (Å²) in [6.45, 7) is 29.1. The molecule has 0 aliphatic heterocycles. The fraction of sp³-hybridized carbons (Fsp3) is 0.240. The second-order valence-electron chi connectivity index (χ2n) is 17.3. The predicted molar refractivity (Wildman–Crippen MR) is 232 cm³/mol. The summed E-state index contributed by atoms with van der Waals surface area (Å²) in [5.41, 5.74) is 12.3. The molecule has 0 bridgehead atoms. The van der Waals surface area contributed by atoms with Crippen LogP contribution in [-0.4, -0.2) is 8.07 Å². The van der Waals surface area contributed by atoms with Gasteiger partial charge in [-0.25, -0.2) is 4.39 Å². The van der Waals surface area contributed by atoms with Gasteiger partial charge in [0, 0.05) is 45.0 Å². The standard InChI is InChI=1S/C30H27FNO.C20H28NSi.Ir/c1-18(2)20(4)22-14-15-32(5)26(17-22)28-19(3)16-25(21-10-12-23(31)13-11-21)29-24-8-6-7-9-27(24)33-30(28)29;1-15-9-10-16(20(2,3)4)13-18(15)19-12-11-17(14-21(19)5)22(6,7)8;/h6-18,20H,3,5H2,1-2,4H3;9-14H,1,5H2,2-4,6-8H3;/q2*-1;. The minimum absolute atomic E-state index is 0. The van der Waals surface area contributed by atoms with Crippen LogP contribution in [0.5, 0.6) is 0 Å². The van der Waals surface area contributed by atoms with E-state index in [1.165, 1.54) is 34.0 Å². The van der Waals surface area contributed by atoms with Crippen LogP contribution in [0.4, 0.5) is 4.39 Å². The van der Waals surface area contributed by atoms with Crippen molar-refractivity contribution in [2.75, 3.05) is 0 Å². The summed E-state index contributed by atoms with van der Waals surface area (Å²) in [6, 6.07) is 32.0. The van der Waals surface area contributed by atoms with Gasteiger partial charge in [0.15, 0.2) is 0 Å². The average molecular weight is 939 g/mol. The van der Waals surface area contributed by atoms with Crippen LogP contribution in [0.25, 0.3) is 55.6 Å². The molecule has 3 nitrogen and oxygen atoms in total. The van der Waals surface area contributed by atoms with Crippen molar-refractivity contribution in [1.82, 2.24) is 0 Å². The molecule has 7 aromatic rings. The third kappa shape index (κ3) is 8.63. The van der Waals surface area contributed by atoms with Gasteiger partial charge < -0.3 is 13.6 Å². The van der Waals surface area contributed by atoms with Crippen molar-refractivity contribution in [2.24, 2.45) is 5.92 Å². The zero-order valence-electron chi connectivity index (χ0n) is 34.4. The van der Waals surface area contributed by atoms with Crippen LogP contribution in [0.2, 0.25) is 19.6 Å². The van der Waals surface area contributed by atoms with Crippen molar-refractivity contribution in [2.45, 2.75) is 72.5 Å². The van der Waals surface area contributed by atoms with E-state index in [0.29, 0.717) is 11.8 Å². The molecule has 0 saturated heterocycles. The molecule has 0 saturated carbocycles. The molecule has 56 heavy (non-hydrogen) atoms. The number of nitrogens with zero attached hydrogens (tertiary/aromatic N) is 2. The zero-order chi connectivity index (χ0) is 40.0. The Kier molecular flexibility index (Phi) is 12.4. The first kappa shape index (κ1) is 42.4. The Morgan fingerprint density at radius 2 is 1.41 bits per heavy atom. The second kappa shape index (κ2) is 16.4. The van der Waals surface area contributed by atoms with E-state index in [1.807, 2.05) is 33.5 Å². The average Bonchev–Trinajstić information content (AvgIpc) is 3.51. The Bertz CT molecular complexity index is 2500. The van der Waals surface area contributed by atoms with E-state index < -0.39 is 8.07 Å². The molecule has 0 N–H and O–H groups in total. The summed E-state index contributed by atoms with van der Waals surface area (Å²) >= 11 is 0. The minimum Gasteiger partial charge on any atom is -0.469 e. The van der Waals surface area contributed by atoms with Gasteiger partial charge in [-0.2, -0.15) is 37.1 Å². The number of fused-ring (bicyclic) bond motifs is 3. The topological polar surface area (TPSA) is 20.9 Å². The number of hydrogen-bond donors (Lipinski definition) is 0. The normalized spacial score (nSPS) is 12.3. The van der Waals surface area contributed by atoms with E-state index in [9.17, 15) is 4.39 Å². The van der Waals surface area contributed by atoms with Gasteiger partial charge in [0.2, 0.25) is 0 Å². The molecule has 1 unspecified atom stereocenters. The first-order chi connectivity index (χ1) is 25.8. The van der Waals surface area contributed by atoms with Crippen LogP contribution in [0.15, 0.2) is 114 Å². The van der Waals surface area contributed by atoms with Crippen molar-refractivity contribution < 1.29 is 38.0 Å². The summed E-state index contributed by atoms with van der Waals surface area (Å²) in [5.74, 6) is 0.667. The monoisotopic (exact) mass is 939 g/mol. The van der Waals surface area contributed by atoms with Gasteiger partial charge in [-0.05, 0) is 41.0 Å². The van der Waals surface area contributed by atoms with Crippen LogP contribution >= 0.6 is 0 Å². The maximum absolute atomic E-state index is 13.6. The first-order valence-electron chi connectivity index (χ1n) is 19.1. The SMILES string of the molecule is [CH2-]c1cc(-c2ccc(F)cc2)c2c(oc3ccccc32)c1-c1cc(C(C)C(C)C)cc[n+]1[CH2-].[CH2-]c1ccc(C(C)(C)C)cc1-c1ccc([Si](C)(C)C)c[n+]1[CH2-].[Ir]. The molecule has 0 aliphatic rings. The van der Waals surface area contributed by atoms with Crippen molar-refractivity contribution in [3.05, 3.63) is 165 Å². The number of benzene rings is 4. The third-order valence-corrected chi connectivity index (χ3v) is 12.9. The fourth-order valence-corrected chi connectivity index (χ4v) is 8.16. The molecule has 1 radical (unpaired) electrons. The summed E-state index contributed by atoms with van der Waals surface area (Å²) in [4.78, 5) is 0.